The van der Waals surface area contributed by atoms with E-state index in [1.165, 1.54) is 0 Å². The van der Waals surface area contributed by atoms with E-state index < -0.39 is 33.9 Å². The van der Waals surface area contributed by atoms with Gasteiger partial charge in [0.1, 0.15) is 5.78 Å². The second kappa shape index (κ2) is 5.22. The second-order valence-corrected chi connectivity index (χ2v) is 8.19. The standard InChI is InChI=1S/C18H19ClF3NO2/c1-15(2)16(3)6-7-17(15,9-13(16)24)14(25)23-12-8-10(18(20,21)22)4-5-11(12)19/h4-5,8H,6-7,9H2,1-3H3,(H,23,25)/t16-,17-/m1/s1. The number of carbonyl (C=O) groups is 2. The van der Waals surface area contributed by atoms with Gasteiger partial charge in [-0.3, -0.25) is 9.59 Å². The Morgan fingerprint density at radius 3 is 2.32 bits per heavy atom. The molecule has 1 amide bonds. The van der Waals surface area contributed by atoms with E-state index in [4.69, 9.17) is 11.6 Å². The van der Waals surface area contributed by atoms with E-state index >= 15 is 0 Å². The van der Waals surface area contributed by atoms with E-state index in [1.54, 1.807) is 0 Å². The molecule has 2 saturated carbocycles. The lowest BCUT2D eigenvalue weighted by Gasteiger charge is -2.38. The molecule has 0 unspecified atom stereocenters. The zero-order valence-electron chi connectivity index (χ0n) is 14.2. The van der Waals surface area contributed by atoms with Gasteiger partial charge >= 0.3 is 6.18 Å². The van der Waals surface area contributed by atoms with Crippen LogP contribution in [-0.2, 0) is 15.8 Å². The monoisotopic (exact) mass is 373 g/mol. The van der Waals surface area contributed by atoms with E-state index in [1.807, 2.05) is 20.8 Å². The molecule has 1 aromatic rings. The minimum Gasteiger partial charge on any atom is -0.324 e. The fourth-order valence-corrected chi connectivity index (χ4v) is 4.56. The Morgan fingerprint density at radius 1 is 1.20 bits per heavy atom. The van der Waals surface area contributed by atoms with Crippen LogP contribution in [-0.4, -0.2) is 11.7 Å². The molecule has 0 radical (unpaired) electrons. The van der Waals surface area contributed by atoms with Gasteiger partial charge in [-0.25, -0.2) is 0 Å². The van der Waals surface area contributed by atoms with E-state index in [0.29, 0.717) is 12.8 Å². The highest BCUT2D eigenvalue weighted by atomic mass is 35.5. The van der Waals surface area contributed by atoms with Gasteiger partial charge in [-0.05, 0) is 36.5 Å². The fourth-order valence-electron chi connectivity index (χ4n) is 4.40. The number of Topliss-reactive ketones (excluding diaryl/α,β-unsaturated/α-hetero) is 1. The molecule has 136 valence electrons. The minimum atomic E-state index is -4.53. The zero-order chi connectivity index (χ0) is 18.8. The van der Waals surface area contributed by atoms with Crippen molar-refractivity contribution in [1.29, 1.82) is 0 Å². The smallest absolute Gasteiger partial charge is 0.324 e. The van der Waals surface area contributed by atoms with Gasteiger partial charge in [0.05, 0.1) is 21.7 Å². The van der Waals surface area contributed by atoms with Gasteiger partial charge in [-0.2, -0.15) is 13.2 Å². The molecule has 2 atom stereocenters. The van der Waals surface area contributed by atoms with Crippen LogP contribution in [0, 0.1) is 16.2 Å². The van der Waals surface area contributed by atoms with Crippen LogP contribution in [0.25, 0.3) is 0 Å². The molecule has 0 saturated heterocycles. The predicted molar refractivity (Wildman–Crippen MR) is 88.3 cm³/mol. The van der Waals surface area contributed by atoms with Crippen molar-refractivity contribution < 1.29 is 22.8 Å². The number of rotatable bonds is 2. The summed E-state index contributed by atoms with van der Waals surface area (Å²) < 4.78 is 38.7. The number of alkyl halides is 3. The number of nitrogens with one attached hydrogen (secondary N) is 1. The third-order valence-electron chi connectivity index (χ3n) is 6.68. The largest absolute Gasteiger partial charge is 0.416 e. The highest BCUT2D eigenvalue weighted by Crippen LogP contribution is 2.70. The van der Waals surface area contributed by atoms with Crippen molar-refractivity contribution >= 4 is 29.0 Å². The summed E-state index contributed by atoms with van der Waals surface area (Å²) in [5, 5.41) is 2.58. The van der Waals surface area contributed by atoms with Gasteiger partial charge in [0.2, 0.25) is 5.91 Å². The maximum absolute atomic E-state index is 13.0. The fraction of sp³-hybridized carbons (Fsp3) is 0.556. The minimum absolute atomic E-state index is 0.0284. The summed E-state index contributed by atoms with van der Waals surface area (Å²) in [5.41, 5.74) is -3.05. The second-order valence-electron chi connectivity index (χ2n) is 7.79. The van der Waals surface area contributed by atoms with Gasteiger partial charge in [-0.15, -0.1) is 0 Å². The maximum Gasteiger partial charge on any atom is 0.416 e. The first-order valence-corrected chi connectivity index (χ1v) is 8.44. The number of hydrogen-bond donors (Lipinski definition) is 1. The predicted octanol–water partition coefficient (Wildman–Crippen LogP) is 5.08. The van der Waals surface area contributed by atoms with Crippen LogP contribution in [0.1, 0.15) is 45.6 Å². The highest BCUT2D eigenvalue weighted by molar-refractivity contribution is 6.33. The maximum atomic E-state index is 13.0. The van der Waals surface area contributed by atoms with Crippen LogP contribution in [0.2, 0.25) is 5.02 Å². The Balaban J connectivity index is 1.95. The zero-order valence-corrected chi connectivity index (χ0v) is 14.9. The van der Waals surface area contributed by atoms with Crippen molar-refractivity contribution in [2.24, 2.45) is 16.2 Å². The van der Waals surface area contributed by atoms with Crippen molar-refractivity contribution in [2.75, 3.05) is 5.32 Å². The number of hydrogen-bond acceptors (Lipinski definition) is 2. The van der Waals surface area contributed by atoms with E-state index in [-0.39, 0.29) is 22.9 Å². The average Bonchev–Trinajstić information content (AvgIpc) is 2.78. The molecule has 2 aliphatic rings. The van der Waals surface area contributed by atoms with Crippen LogP contribution in [0.15, 0.2) is 18.2 Å². The molecule has 2 fully saturated rings. The SMILES string of the molecule is CC1(C)[C@]2(C(=O)Nc3cc(C(F)(F)F)ccc3Cl)CC[C@]1(C)C(=O)C2. The molecule has 25 heavy (non-hydrogen) atoms. The first kappa shape index (κ1) is 18.2. The first-order chi connectivity index (χ1) is 11.3. The Hall–Kier alpha value is -1.56. The average molecular weight is 374 g/mol. The summed E-state index contributed by atoms with van der Waals surface area (Å²) in [6.07, 6.45) is -3.29. The topological polar surface area (TPSA) is 46.2 Å². The molecule has 0 aromatic heterocycles. The Kier molecular flexibility index (Phi) is 3.81. The quantitative estimate of drug-likeness (QED) is 0.785. The molecular formula is C18H19ClF3NO2. The Labute approximate surface area is 148 Å². The number of fused-ring (bicyclic) bond motifs is 2. The Bertz CT molecular complexity index is 774. The molecule has 1 N–H and O–H groups in total. The van der Waals surface area contributed by atoms with Crippen molar-refractivity contribution in [1.82, 2.24) is 0 Å². The van der Waals surface area contributed by atoms with Crippen LogP contribution in [0.3, 0.4) is 0 Å². The molecule has 0 spiro atoms. The third kappa shape index (κ3) is 2.33. The number of anilines is 1. The van der Waals surface area contributed by atoms with Gasteiger partial charge in [0, 0.05) is 11.8 Å². The molecule has 0 heterocycles. The molecule has 2 bridgehead atoms. The number of amides is 1. The van der Waals surface area contributed by atoms with E-state index in [2.05, 4.69) is 5.32 Å². The number of ketones is 1. The van der Waals surface area contributed by atoms with Crippen molar-refractivity contribution in [3.8, 4) is 0 Å². The van der Waals surface area contributed by atoms with E-state index in [0.717, 1.165) is 18.2 Å². The van der Waals surface area contributed by atoms with Crippen LogP contribution in [0.5, 0.6) is 0 Å². The molecule has 7 heteroatoms. The molecule has 0 aliphatic heterocycles. The lowest BCUT2D eigenvalue weighted by molar-refractivity contribution is -0.137. The van der Waals surface area contributed by atoms with Crippen molar-refractivity contribution in [2.45, 2.75) is 46.2 Å². The summed E-state index contributed by atoms with van der Waals surface area (Å²) in [7, 11) is 0. The first-order valence-electron chi connectivity index (χ1n) is 8.07. The van der Waals surface area contributed by atoms with Crippen LogP contribution < -0.4 is 5.32 Å². The molecule has 1 aromatic carbocycles. The lowest BCUT2D eigenvalue weighted by atomic mass is 9.64. The third-order valence-corrected chi connectivity index (χ3v) is 7.01. The van der Waals surface area contributed by atoms with Gasteiger partial charge in [0.25, 0.3) is 0 Å². The van der Waals surface area contributed by atoms with Crippen molar-refractivity contribution in [3.05, 3.63) is 28.8 Å². The van der Waals surface area contributed by atoms with Gasteiger partial charge in [-0.1, -0.05) is 32.4 Å². The number of carbonyl (C=O) groups excluding carboxylic acids is 2. The van der Waals surface area contributed by atoms with Gasteiger partial charge in [0.15, 0.2) is 0 Å². The number of benzene rings is 1. The number of halogens is 4. The summed E-state index contributed by atoms with van der Waals surface area (Å²) in [6.45, 7) is 5.64. The highest BCUT2D eigenvalue weighted by Gasteiger charge is 2.72. The normalized spacial score (nSPS) is 30.6. The Morgan fingerprint density at radius 2 is 1.84 bits per heavy atom. The lowest BCUT2D eigenvalue weighted by Crippen LogP contribution is -2.43. The van der Waals surface area contributed by atoms with Gasteiger partial charge < -0.3 is 5.32 Å². The molecular weight excluding hydrogens is 355 g/mol. The summed E-state index contributed by atoms with van der Waals surface area (Å²) in [5.74, 6) is -0.401. The van der Waals surface area contributed by atoms with Crippen LogP contribution in [0.4, 0.5) is 18.9 Å². The van der Waals surface area contributed by atoms with E-state index in [9.17, 15) is 22.8 Å². The molecule has 3 nitrogen and oxygen atoms in total. The summed E-state index contributed by atoms with van der Waals surface area (Å²) in [4.78, 5) is 25.4. The summed E-state index contributed by atoms with van der Waals surface area (Å²) in [6, 6.07) is 2.81. The summed E-state index contributed by atoms with van der Waals surface area (Å²) >= 11 is 5.97. The molecule has 2 aliphatic carbocycles. The molecule has 3 rings (SSSR count). The van der Waals surface area contributed by atoms with Crippen molar-refractivity contribution in [3.63, 3.8) is 0 Å². The van der Waals surface area contributed by atoms with Crippen LogP contribution >= 0.6 is 11.6 Å².